The highest BCUT2D eigenvalue weighted by Crippen LogP contribution is 2.33. The van der Waals surface area contributed by atoms with Crippen LogP contribution in [0.25, 0.3) is 0 Å². The minimum atomic E-state index is 0.0876. The van der Waals surface area contributed by atoms with Crippen molar-refractivity contribution in [3.63, 3.8) is 0 Å². The molecule has 33 heavy (non-hydrogen) atoms. The van der Waals surface area contributed by atoms with Crippen LogP contribution in [0.4, 0.5) is 0 Å². The van der Waals surface area contributed by atoms with Gasteiger partial charge in [0.15, 0.2) is 0 Å². The van der Waals surface area contributed by atoms with E-state index in [2.05, 4.69) is 41.0 Å². The molecule has 2 aromatic carbocycles. The maximum absolute atomic E-state index is 13.4. The van der Waals surface area contributed by atoms with Gasteiger partial charge in [0.1, 0.15) is 5.75 Å². The van der Waals surface area contributed by atoms with Crippen LogP contribution in [0, 0.1) is 25.7 Å². The third-order valence-electron chi connectivity index (χ3n) is 7.32. The zero-order chi connectivity index (χ0) is 23.4. The van der Waals surface area contributed by atoms with Gasteiger partial charge in [-0.2, -0.15) is 0 Å². The van der Waals surface area contributed by atoms with Gasteiger partial charge in [-0.15, -0.1) is 0 Å². The molecule has 0 saturated carbocycles. The third kappa shape index (κ3) is 5.59. The number of benzene rings is 2. The molecule has 4 rings (SSSR count). The van der Waals surface area contributed by atoms with E-state index >= 15 is 0 Å². The summed E-state index contributed by atoms with van der Waals surface area (Å²) in [5.74, 6) is 2.19. The number of nitrogens with two attached hydrogens (primary N) is 1. The Hall–Kier alpha value is -2.37. The largest absolute Gasteiger partial charge is 0.494 e. The molecule has 2 aromatic rings. The highest BCUT2D eigenvalue weighted by Gasteiger charge is 2.41. The predicted octanol–water partition coefficient (Wildman–Crippen LogP) is 4.58. The van der Waals surface area contributed by atoms with E-state index in [9.17, 15) is 4.79 Å². The first-order valence-corrected chi connectivity index (χ1v) is 12.5. The van der Waals surface area contributed by atoms with Gasteiger partial charge >= 0.3 is 0 Å². The number of carbonyl (C=O) groups is 1. The molecule has 0 aromatic heterocycles. The Morgan fingerprint density at radius 2 is 1.70 bits per heavy atom. The van der Waals surface area contributed by atoms with E-state index in [0.29, 0.717) is 11.8 Å². The van der Waals surface area contributed by atoms with Crippen molar-refractivity contribution in [2.45, 2.75) is 46.1 Å². The highest BCUT2D eigenvalue weighted by atomic mass is 16.5. The highest BCUT2D eigenvalue weighted by molar-refractivity contribution is 5.97. The lowest BCUT2D eigenvalue weighted by Gasteiger charge is -2.24. The van der Waals surface area contributed by atoms with Crippen molar-refractivity contribution in [2.24, 2.45) is 17.6 Å². The van der Waals surface area contributed by atoms with E-state index in [1.54, 1.807) is 0 Å². The Balaban J connectivity index is 1.30. The summed E-state index contributed by atoms with van der Waals surface area (Å²) in [4.78, 5) is 18.0. The third-order valence-corrected chi connectivity index (χ3v) is 7.32. The molecule has 2 heterocycles. The first-order valence-electron chi connectivity index (χ1n) is 12.5. The van der Waals surface area contributed by atoms with Crippen LogP contribution in [0.15, 0.2) is 42.5 Å². The molecular formula is C28H39N3O2. The van der Waals surface area contributed by atoms with Crippen LogP contribution in [-0.2, 0) is 0 Å². The lowest BCUT2D eigenvalue weighted by Crippen LogP contribution is -2.34. The van der Waals surface area contributed by atoms with Gasteiger partial charge in [-0.3, -0.25) is 4.79 Å². The van der Waals surface area contributed by atoms with Crippen molar-refractivity contribution in [1.29, 1.82) is 0 Å². The minimum absolute atomic E-state index is 0.0876. The van der Waals surface area contributed by atoms with Crippen LogP contribution >= 0.6 is 0 Å². The van der Waals surface area contributed by atoms with E-state index in [0.717, 1.165) is 81.0 Å². The van der Waals surface area contributed by atoms with Crippen LogP contribution in [0.2, 0.25) is 0 Å². The first kappa shape index (κ1) is 23.8. The fourth-order valence-electron chi connectivity index (χ4n) is 5.46. The number of likely N-dealkylation sites (tertiary alicyclic amines) is 2. The number of ether oxygens (including phenoxy) is 1. The molecule has 0 aliphatic carbocycles. The molecule has 5 heteroatoms. The number of hydrogen-bond donors (Lipinski definition) is 1. The number of amides is 1. The van der Waals surface area contributed by atoms with Crippen molar-refractivity contribution in [3.05, 3.63) is 64.7 Å². The second kappa shape index (κ2) is 10.7. The van der Waals surface area contributed by atoms with Crippen molar-refractivity contribution < 1.29 is 9.53 Å². The zero-order valence-electron chi connectivity index (χ0n) is 20.4. The molecule has 2 aliphatic heterocycles. The van der Waals surface area contributed by atoms with E-state index in [4.69, 9.17) is 10.5 Å². The minimum Gasteiger partial charge on any atom is -0.494 e. The van der Waals surface area contributed by atoms with E-state index < -0.39 is 0 Å². The Morgan fingerprint density at radius 1 is 1.06 bits per heavy atom. The number of unbranched alkanes of at least 4 members (excludes halogenated alkanes) is 1. The molecule has 2 N–H and O–H groups in total. The van der Waals surface area contributed by atoms with E-state index in [1.165, 1.54) is 5.56 Å². The SMILES string of the molecule is CCCCOc1cc(C)c(C(=O)N2CC3CN(CC[C@H](N)c4ccccc4)CC3C2)c(C)c1. The van der Waals surface area contributed by atoms with Gasteiger partial charge in [0.25, 0.3) is 5.91 Å². The predicted molar refractivity (Wildman–Crippen MR) is 134 cm³/mol. The number of hydrogen-bond acceptors (Lipinski definition) is 4. The second-order valence-corrected chi connectivity index (χ2v) is 9.93. The average Bonchev–Trinajstić information content (AvgIpc) is 3.37. The molecule has 0 radical (unpaired) electrons. The van der Waals surface area contributed by atoms with Crippen LogP contribution in [0.1, 0.15) is 59.3 Å². The maximum Gasteiger partial charge on any atom is 0.254 e. The summed E-state index contributed by atoms with van der Waals surface area (Å²) in [6, 6.07) is 14.5. The summed E-state index contributed by atoms with van der Waals surface area (Å²) in [6.07, 6.45) is 3.13. The fourth-order valence-corrected chi connectivity index (χ4v) is 5.46. The van der Waals surface area contributed by atoms with Gasteiger partial charge < -0.3 is 20.3 Å². The normalized spacial score (nSPS) is 21.3. The quantitative estimate of drug-likeness (QED) is 0.570. The summed E-state index contributed by atoms with van der Waals surface area (Å²) in [6.45, 7) is 11.8. The summed E-state index contributed by atoms with van der Waals surface area (Å²) in [5, 5.41) is 0. The molecule has 3 atom stereocenters. The van der Waals surface area contributed by atoms with Gasteiger partial charge in [0.05, 0.1) is 6.61 Å². The Morgan fingerprint density at radius 3 is 2.30 bits per heavy atom. The van der Waals surface area contributed by atoms with Crippen LogP contribution in [-0.4, -0.2) is 55.0 Å². The first-order chi connectivity index (χ1) is 16.0. The lowest BCUT2D eigenvalue weighted by atomic mass is 10.0. The Labute approximate surface area is 198 Å². The summed E-state index contributed by atoms with van der Waals surface area (Å²) >= 11 is 0. The average molecular weight is 450 g/mol. The van der Waals surface area contributed by atoms with Crippen LogP contribution in [0.5, 0.6) is 5.75 Å². The molecule has 2 fully saturated rings. The molecule has 2 unspecified atom stereocenters. The molecule has 178 valence electrons. The number of nitrogens with zero attached hydrogens (tertiary/aromatic N) is 2. The van der Waals surface area contributed by atoms with Gasteiger partial charge in [-0.25, -0.2) is 0 Å². The second-order valence-electron chi connectivity index (χ2n) is 9.93. The molecule has 2 aliphatic rings. The molecule has 2 saturated heterocycles. The molecule has 1 amide bonds. The molecule has 0 spiro atoms. The smallest absolute Gasteiger partial charge is 0.254 e. The number of aryl methyl sites for hydroxylation is 2. The van der Waals surface area contributed by atoms with Gasteiger partial charge in [0, 0.05) is 37.8 Å². The van der Waals surface area contributed by atoms with E-state index in [-0.39, 0.29) is 11.9 Å². The summed E-state index contributed by atoms with van der Waals surface area (Å²) < 4.78 is 5.87. The Bertz CT molecular complexity index is 908. The fraction of sp³-hybridized carbons (Fsp3) is 0.536. The van der Waals surface area contributed by atoms with Gasteiger partial charge in [-0.05, 0) is 73.9 Å². The van der Waals surface area contributed by atoms with Crippen molar-refractivity contribution in [3.8, 4) is 5.75 Å². The van der Waals surface area contributed by atoms with Gasteiger partial charge in [-0.1, -0.05) is 43.7 Å². The van der Waals surface area contributed by atoms with Crippen molar-refractivity contribution in [2.75, 3.05) is 39.3 Å². The van der Waals surface area contributed by atoms with E-state index in [1.807, 2.05) is 32.0 Å². The Kier molecular flexibility index (Phi) is 7.71. The topological polar surface area (TPSA) is 58.8 Å². The number of rotatable bonds is 9. The summed E-state index contributed by atoms with van der Waals surface area (Å²) in [7, 11) is 0. The standard InChI is InChI=1S/C28H39N3O2/c1-4-5-13-33-25-14-20(2)27(21(3)15-25)28(32)31-18-23-16-30(17-24(23)19-31)12-11-26(29)22-9-7-6-8-10-22/h6-10,14-15,23-24,26H,4-5,11-13,16-19,29H2,1-3H3/t23?,24?,26-/m0/s1. The maximum atomic E-state index is 13.4. The van der Waals surface area contributed by atoms with Crippen LogP contribution < -0.4 is 10.5 Å². The monoisotopic (exact) mass is 449 g/mol. The number of fused-ring (bicyclic) bond motifs is 1. The molecule has 5 nitrogen and oxygen atoms in total. The van der Waals surface area contributed by atoms with Crippen molar-refractivity contribution in [1.82, 2.24) is 9.80 Å². The van der Waals surface area contributed by atoms with Crippen LogP contribution in [0.3, 0.4) is 0 Å². The molecular weight excluding hydrogens is 410 g/mol. The number of carbonyl (C=O) groups excluding carboxylic acids is 1. The van der Waals surface area contributed by atoms with Gasteiger partial charge in [0.2, 0.25) is 0 Å². The molecule has 0 bridgehead atoms. The lowest BCUT2D eigenvalue weighted by molar-refractivity contribution is 0.0772. The van der Waals surface area contributed by atoms with Crippen molar-refractivity contribution >= 4 is 5.91 Å². The zero-order valence-corrected chi connectivity index (χ0v) is 20.4. The summed E-state index contributed by atoms with van der Waals surface area (Å²) in [5.41, 5.74) is 10.5.